The zero-order valence-corrected chi connectivity index (χ0v) is 12.5. The molecule has 1 rings (SSSR count). The van der Waals surface area contributed by atoms with Crippen LogP contribution in [0, 0.1) is 5.92 Å². The fourth-order valence-corrected chi connectivity index (χ4v) is 2.34. The second kappa shape index (κ2) is 6.44. The molecule has 2 N–H and O–H groups in total. The van der Waals surface area contributed by atoms with Gasteiger partial charge >= 0.3 is 0 Å². The van der Waals surface area contributed by atoms with E-state index in [1.807, 2.05) is 13.8 Å². The van der Waals surface area contributed by atoms with Crippen LogP contribution in [-0.4, -0.2) is 37.7 Å². The summed E-state index contributed by atoms with van der Waals surface area (Å²) in [6.07, 6.45) is 1.15. The lowest BCUT2D eigenvalue weighted by Gasteiger charge is -2.14. The quantitative estimate of drug-likeness (QED) is 0.793. The van der Waals surface area contributed by atoms with Gasteiger partial charge in [-0.2, -0.15) is 4.98 Å². The molecular formula is C11H21N3O4S. The van der Waals surface area contributed by atoms with Crippen molar-refractivity contribution in [3.05, 3.63) is 11.7 Å². The van der Waals surface area contributed by atoms with Gasteiger partial charge in [0.25, 0.3) is 0 Å². The zero-order chi connectivity index (χ0) is 14.6. The van der Waals surface area contributed by atoms with Crippen molar-refractivity contribution < 1.29 is 17.7 Å². The monoisotopic (exact) mass is 291 g/mol. The normalized spacial score (nSPS) is 15.7. The second-order valence-electron chi connectivity index (χ2n) is 4.92. The van der Waals surface area contributed by atoms with Crippen LogP contribution in [0.3, 0.4) is 0 Å². The molecule has 0 fully saturated rings. The van der Waals surface area contributed by atoms with E-state index in [1.54, 1.807) is 7.11 Å². The fourth-order valence-electron chi connectivity index (χ4n) is 1.65. The summed E-state index contributed by atoms with van der Waals surface area (Å²) in [5, 5.41) is 3.83. The van der Waals surface area contributed by atoms with Gasteiger partial charge in [0.05, 0.1) is 11.8 Å². The van der Waals surface area contributed by atoms with E-state index in [0.29, 0.717) is 5.82 Å². The number of ether oxygens (including phenoxy) is 1. The largest absolute Gasteiger partial charge is 0.373 e. The first-order chi connectivity index (χ1) is 8.74. The number of sulfone groups is 1. The molecule has 2 atom stereocenters. The Labute approximate surface area is 113 Å². The third-order valence-electron chi connectivity index (χ3n) is 2.69. The maximum Gasteiger partial charge on any atom is 0.243 e. The van der Waals surface area contributed by atoms with E-state index in [2.05, 4.69) is 10.1 Å². The molecule has 0 amide bonds. The first-order valence-corrected chi connectivity index (χ1v) is 8.10. The SMILES string of the molecule is COC(c1noc(C(N)CCS(C)(=O)=O)n1)C(C)C. The summed E-state index contributed by atoms with van der Waals surface area (Å²) < 4.78 is 32.5. The van der Waals surface area contributed by atoms with Crippen molar-refractivity contribution in [2.45, 2.75) is 32.4 Å². The molecular weight excluding hydrogens is 270 g/mol. The van der Waals surface area contributed by atoms with Crippen molar-refractivity contribution in [3.8, 4) is 0 Å². The second-order valence-corrected chi connectivity index (χ2v) is 7.18. The number of rotatable bonds is 7. The minimum absolute atomic E-state index is 0.0102. The van der Waals surface area contributed by atoms with Gasteiger partial charge in [-0.3, -0.25) is 0 Å². The number of aromatic nitrogens is 2. The maximum absolute atomic E-state index is 11.1. The average Bonchev–Trinajstić information content (AvgIpc) is 2.74. The van der Waals surface area contributed by atoms with Gasteiger partial charge in [-0.25, -0.2) is 8.42 Å². The van der Waals surface area contributed by atoms with Crippen LogP contribution in [0.4, 0.5) is 0 Å². The van der Waals surface area contributed by atoms with Crippen molar-refractivity contribution >= 4 is 9.84 Å². The third kappa shape index (κ3) is 4.88. The van der Waals surface area contributed by atoms with Crippen molar-refractivity contribution in [2.24, 2.45) is 11.7 Å². The highest BCUT2D eigenvalue weighted by Crippen LogP contribution is 2.23. The van der Waals surface area contributed by atoms with Crippen LogP contribution in [0.25, 0.3) is 0 Å². The van der Waals surface area contributed by atoms with Crippen LogP contribution in [0.1, 0.15) is 44.1 Å². The molecule has 1 aromatic heterocycles. The Hall–Kier alpha value is -0.990. The van der Waals surface area contributed by atoms with Gasteiger partial charge in [0.2, 0.25) is 11.7 Å². The van der Waals surface area contributed by atoms with Crippen molar-refractivity contribution in [2.75, 3.05) is 19.1 Å². The molecule has 0 aliphatic carbocycles. The summed E-state index contributed by atoms with van der Waals surface area (Å²) in [6.45, 7) is 3.96. The fraction of sp³-hybridized carbons (Fsp3) is 0.818. The van der Waals surface area contributed by atoms with Gasteiger partial charge in [0.1, 0.15) is 15.9 Å². The predicted octanol–water partition coefficient (Wildman–Crippen LogP) is 0.848. The lowest BCUT2D eigenvalue weighted by atomic mass is 10.1. The Bertz CT molecular complexity index is 498. The van der Waals surface area contributed by atoms with Crippen LogP contribution in [0.5, 0.6) is 0 Å². The highest BCUT2D eigenvalue weighted by molar-refractivity contribution is 7.90. The highest BCUT2D eigenvalue weighted by atomic mass is 32.2. The maximum atomic E-state index is 11.1. The van der Waals surface area contributed by atoms with Crippen LogP contribution in [0.15, 0.2) is 4.52 Å². The molecule has 0 spiro atoms. The first-order valence-electron chi connectivity index (χ1n) is 6.04. The minimum atomic E-state index is -3.05. The van der Waals surface area contributed by atoms with Gasteiger partial charge < -0.3 is 15.0 Å². The summed E-state index contributed by atoms with van der Waals surface area (Å²) >= 11 is 0. The van der Waals surface area contributed by atoms with Crippen LogP contribution < -0.4 is 5.73 Å². The molecule has 0 aliphatic heterocycles. The molecule has 19 heavy (non-hydrogen) atoms. The van der Waals surface area contributed by atoms with E-state index in [0.717, 1.165) is 0 Å². The Morgan fingerprint density at radius 2 is 2.05 bits per heavy atom. The van der Waals surface area contributed by atoms with Crippen LogP contribution >= 0.6 is 0 Å². The predicted molar refractivity (Wildman–Crippen MR) is 70.1 cm³/mol. The van der Waals surface area contributed by atoms with Crippen molar-refractivity contribution in [1.29, 1.82) is 0 Å². The van der Waals surface area contributed by atoms with Crippen LogP contribution in [-0.2, 0) is 14.6 Å². The minimum Gasteiger partial charge on any atom is -0.373 e. The summed E-state index contributed by atoms with van der Waals surface area (Å²) in [5.74, 6) is 0.857. The van der Waals surface area contributed by atoms with E-state index in [-0.39, 0.29) is 30.1 Å². The molecule has 0 aliphatic rings. The lowest BCUT2D eigenvalue weighted by Crippen LogP contribution is -2.16. The molecule has 0 saturated carbocycles. The molecule has 7 nitrogen and oxygen atoms in total. The molecule has 8 heteroatoms. The first kappa shape index (κ1) is 16.1. The molecule has 0 radical (unpaired) electrons. The Balaban J connectivity index is 2.73. The lowest BCUT2D eigenvalue weighted by molar-refractivity contribution is 0.0555. The highest BCUT2D eigenvalue weighted by Gasteiger charge is 2.23. The summed E-state index contributed by atoms with van der Waals surface area (Å²) in [6, 6.07) is -0.583. The molecule has 0 aromatic carbocycles. The number of nitrogens with two attached hydrogens (primary N) is 1. The van der Waals surface area contributed by atoms with Gasteiger partial charge in [-0.15, -0.1) is 0 Å². The van der Waals surface area contributed by atoms with E-state index in [1.165, 1.54) is 6.26 Å². The molecule has 2 unspecified atom stereocenters. The number of nitrogens with zero attached hydrogens (tertiary/aromatic N) is 2. The average molecular weight is 291 g/mol. The number of methoxy groups -OCH3 is 1. The van der Waals surface area contributed by atoms with E-state index >= 15 is 0 Å². The molecule has 1 aromatic rings. The van der Waals surface area contributed by atoms with Gasteiger partial charge in [-0.1, -0.05) is 19.0 Å². The Morgan fingerprint density at radius 1 is 1.42 bits per heavy atom. The summed E-state index contributed by atoms with van der Waals surface area (Å²) in [4.78, 5) is 4.18. The topological polar surface area (TPSA) is 108 Å². The van der Waals surface area contributed by atoms with Gasteiger partial charge in [0.15, 0.2) is 0 Å². The number of hydrogen-bond donors (Lipinski definition) is 1. The molecule has 1 heterocycles. The number of hydrogen-bond acceptors (Lipinski definition) is 7. The smallest absolute Gasteiger partial charge is 0.243 e. The van der Waals surface area contributed by atoms with Gasteiger partial charge in [-0.05, 0) is 12.3 Å². The van der Waals surface area contributed by atoms with Crippen molar-refractivity contribution in [1.82, 2.24) is 10.1 Å². The van der Waals surface area contributed by atoms with Crippen LogP contribution in [0.2, 0.25) is 0 Å². The van der Waals surface area contributed by atoms with E-state index < -0.39 is 15.9 Å². The molecule has 0 bridgehead atoms. The summed E-state index contributed by atoms with van der Waals surface area (Å²) in [5.41, 5.74) is 5.83. The molecule has 0 saturated heterocycles. The Morgan fingerprint density at radius 3 is 2.53 bits per heavy atom. The standard InChI is InChI=1S/C11H21N3O4S/c1-7(2)9(17-3)10-13-11(18-14-10)8(12)5-6-19(4,15)16/h7-9H,5-6,12H2,1-4H3. The third-order valence-corrected chi connectivity index (χ3v) is 3.67. The van der Waals surface area contributed by atoms with Gasteiger partial charge in [0, 0.05) is 13.4 Å². The van der Waals surface area contributed by atoms with E-state index in [9.17, 15) is 8.42 Å². The Kier molecular flexibility index (Phi) is 5.45. The zero-order valence-electron chi connectivity index (χ0n) is 11.7. The van der Waals surface area contributed by atoms with Crippen molar-refractivity contribution in [3.63, 3.8) is 0 Å². The van der Waals surface area contributed by atoms with E-state index in [4.69, 9.17) is 15.0 Å². The molecule has 110 valence electrons. The summed E-state index contributed by atoms with van der Waals surface area (Å²) in [7, 11) is -1.48.